The molecule has 138 valence electrons. The lowest BCUT2D eigenvalue weighted by atomic mass is 10.1. The molecule has 2 N–H and O–H groups in total. The zero-order valence-corrected chi connectivity index (χ0v) is 14.9. The molecule has 1 fully saturated rings. The van der Waals surface area contributed by atoms with Gasteiger partial charge in [0, 0.05) is 17.9 Å². The Hall–Kier alpha value is -3.41. The molecule has 6 nitrogen and oxygen atoms in total. The zero-order chi connectivity index (χ0) is 19.2. The SMILES string of the molecule is C=CC(=O)Nc1ccccc1CC(=O)NC1CCN(c2ccccc2)C1=O. The lowest BCUT2D eigenvalue weighted by Crippen LogP contribution is -2.42. The molecule has 27 heavy (non-hydrogen) atoms. The summed E-state index contributed by atoms with van der Waals surface area (Å²) in [5, 5.41) is 5.49. The molecule has 0 saturated carbocycles. The van der Waals surface area contributed by atoms with Crippen LogP contribution in [0.2, 0.25) is 0 Å². The van der Waals surface area contributed by atoms with Crippen molar-refractivity contribution in [3.05, 3.63) is 72.8 Å². The Morgan fingerprint density at radius 2 is 1.81 bits per heavy atom. The Balaban J connectivity index is 1.63. The normalized spacial score (nSPS) is 16.1. The van der Waals surface area contributed by atoms with E-state index in [2.05, 4.69) is 17.2 Å². The molecule has 1 heterocycles. The molecule has 3 amide bonds. The highest BCUT2D eigenvalue weighted by Crippen LogP contribution is 2.21. The van der Waals surface area contributed by atoms with E-state index in [1.165, 1.54) is 6.08 Å². The van der Waals surface area contributed by atoms with Crippen molar-refractivity contribution in [1.82, 2.24) is 5.32 Å². The highest BCUT2D eigenvalue weighted by atomic mass is 16.2. The Kier molecular flexibility index (Phi) is 5.66. The van der Waals surface area contributed by atoms with Gasteiger partial charge < -0.3 is 15.5 Å². The summed E-state index contributed by atoms with van der Waals surface area (Å²) < 4.78 is 0. The van der Waals surface area contributed by atoms with Crippen LogP contribution >= 0.6 is 0 Å². The second-order valence-electron chi connectivity index (χ2n) is 6.26. The predicted octanol–water partition coefficient (Wildman–Crippen LogP) is 2.28. The van der Waals surface area contributed by atoms with E-state index in [9.17, 15) is 14.4 Å². The van der Waals surface area contributed by atoms with E-state index in [0.29, 0.717) is 24.2 Å². The standard InChI is InChI=1S/C21H21N3O3/c1-2-19(25)22-17-11-7-6-8-15(17)14-20(26)23-18-12-13-24(21(18)27)16-9-4-3-5-10-16/h2-11,18H,1,12-14H2,(H,22,25)(H,23,26). The molecule has 0 spiro atoms. The average molecular weight is 363 g/mol. The van der Waals surface area contributed by atoms with Gasteiger partial charge in [-0.15, -0.1) is 0 Å². The molecule has 0 bridgehead atoms. The minimum atomic E-state index is -0.535. The topological polar surface area (TPSA) is 78.5 Å². The van der Waals surface area contributed by atoms with Gasteiger partial charge in [-0.2, -0.15) is 0 Å². The minimum Gasteiger partial charge on any atom is -0.344 e. The summed E-state index contributed by atoms with van der Waals surface area (Å²) in [5.41, 5.74) is 2.06. The predicted molar refractivity (Wildman–Crippen MR) is 104 cm³/mol. The van der Waals surface area contributed by atoms with Gasteiger partial charge in [0.25, 0.3) is 0 Å². The number of nitrogens with zero attached hydrogens (tertiary/aromatic N) is 1. The first-order valence-electron chi connectivity index (χ1n) is 8.75. The first-order valence-corrected chi connectivity index (χ1v) is 8.75. The molecule has 1 saturated heterocycles. The lowest BCUT2D eigenvalue weighted by Gasteiger charge is -2.17. The van der Waals surface area contributed by atoms with Gasteiger partial charge in [0.2, 0.25) is 17.7 Å². The van der Waals surface area contributed by atoms with Crippen molar-refractivity contribution in [3.8, 4) is 0 Å². The highest BCUT2D eigenvalue weighted by molar-refractivity contribution is 6.02. The molecule has 2 aromatic rings. The Morgan fingerprint density at radius 1 is 1.11 bits per heavy atom. The average Bonchev–Trinajstić information content (AvgIpc) is 3.04. The van der Waals surface area contributed by atoms with E-state index < -0.39 is 6.04 Å². The smallest absolute Gasteiger partial charge is 0.249 e. The van der Waals surface area contributed by atoms with Gasteiger partial charge in [-0.25, -0.2) is 0 Å². The maximum absolute atomic E-state index is 12.6. The second-order valence-corrected chi connectivity index (χ2v) is 6.26. The maximum Gasteiger partial charge on any atom is 0.249 e. The summed E-state index contributed by atoms with van der Waals surface area (Å²) in [7, 11) is 0. The number of hydrogen-bond donors (Lipinski definition) is 2. The minimum absolute atomic E-state index is 0.0721. The number of benzene rings is 2. The molecule has 1 aliphatic rings. The second kappa shape index (κ2) is 8.31. The van der Waals surface area contributed by atoms with Crippen LogP contribution in [-0.2, 0) is 20.8 Å². The van der Waals surface area contributed by atoms with Crippen LogP contribution in [-0.4, -0.2) is 30.3 Å². The van der Waals surface area contributed by atoms with Gasteiger partial charge >= 0.3 is 0 Å². The van der Waals surface area contributed by atoms with Crippen LogP contribution in [0.5, 0.6) is 0 Å². The molecule has 1 atom stereocenters. The van der Waals surface area contributed by atoms with Gasteiger partial charge in [0.1, 0.15) is 6.04 Å². The monoisotopic (exact) mass is 363 g/mol. The van der Waals surface area contributed by atoms with Crippen molar-refractivity contribution in [2.24, 2.45) is 0 Å². The number of rotatable bonds is 6. The van der Waals surface area contributed by atoms with Crippen LogP contribution in [0.4, 0.5) is 11.4 Å². The summed E-state index contributed by atoms with van der Waals surface area (Å²) >= 11 is 0. The number of carbonyl (C=O) groups is 3. The number of hydrogen-bond acceptors (Lipinski definition) is 3. The van der Waals surface area contributed by atoms with E-state index in [1.807, 2.05) is 30.3 Å². The van der Waals surface area contributed by atoms with Crippen molar-refractivity contribution in [1.29, 1.82) is 0 Å². The third-order valence-electron chi connectivity index (χ3n) is 4.42. The Bertz CT molecular complexity index is 864. The van der Waals surface area contributed by atoms with Crippen LogP contribution in [0, 0.1) is 0 Å². The van der Waals surface area contributed by atoms with Crippen LogP contribution < -0.4 is 15.5 Å². The van der Waals surface area contributed by atoms with Gasteiger partial charge in [-0.05, 0) is 36.3 Å². The fraction of sp³-hybridized carbons (Fsp3) is 0.190. The third kappa shape index (κ3) is 4.41. The van der Waals surface area contributed by atoms with Crippen molar-refractivity contribution >= 4 is 29.1 Å². The van der Waals surface area contributed by atoms with E-state index in [4.69, 9.17) is 0 Å². The van der Waals surface area contributed by atoms with E-state index >= 15 is 0 Å². The summed E-state index contributed by atoms with van der Waals surface area (Å²) in [6.07, 6.45) is 1.81. The first kappa shape index (κ1) is 18.4. The van der Waals surface area contributed by atoms with Crippen LogP contribution in [0.25, 0.3) is 0 Å². The molecule has 1 unspecified atom stereocenters. The number of nitrogens with one attached hydrogen (secondary N) is 2. The third-order valence-corrected chi connectivity index (χ3v) is 4.42. The summed E-state index contributed by atoms with van der Waals surface area (Å²) in [4.78, 5) is 38.3. The number of para-hydroxylation sites is 2. The van der Waals surface area contributed by atoms with Crippen molar-refractivity contribution in [3.63, 3.8) is 0 Å². The van der Waals surface area contributed by atoms with Crippen LogP contribution in [0.15, 0.2) is 67.3 Å². The Labute approximate surface area is 157 Å². The van der Waals surface area contributed by atoms with E-state index in [0.717, 1.165) is 5.69 Å². The molecule has 6 heteroatoms. The van der Waals surface area contributed by atoms with Gasteiger partial charge in [-0.1, -0.05) is 43.0 Å². The molecular weight excluding hydrogens is 342 g/mol. The van der Waals surface area contributed by atoms with Crippen LogP contribution in [0.1, 0.15) is 12.0 Å². The highest BCUT2D eigenvalue weighted by Gasteiger charge is 2.33. The van der Waals surface area contributed by atoms with Crippen LogP contribution in [0.3, 0.4) is 0 Å². The maximum atomic E-state index is 12.6. The lowest BCUT2D eigenvalue weighted by molar-refractivity contribution is -0.126. The summed E-state index contributed by atoms with van der Waals surface area (Å²) in [6.45, 7) is 3.99. The van der Waals surface area contributed by atoms with Crippen molar-refractivity contribution < 1.29 is 14.4 Å². The van der Waals surface area contributed by atoms with Gasteiger partial charge in [0.05, 0.1) is 6.42 Å². The fourth-order valence-corrected chi connectivity index (χ4v) is 3.08. The number of amides is 3. The fourth-order valence-electron chi connectivity index (χ4n) is 3.08. The number of anilines is 2. The molecule has 1 aliphatic heterocycles. The van der Waals surface area contributed by atoms with Gasteiger partial charge in [0.15, 0.2) is 0 Å². The van der Waals surface area contributed by atoms with Crippen molar-refractivity contribution in [2.45, 2.75) is 18.9 Å². The quantitative estimate of drug-likeness (QED) is 0.773. The molecular formula is C21H21N3O3. The summed E-state index contributed by atoms with van der Waals surface area (Å²) in [5.74, 6) is -0.710. The first-order chi connectivity index (χ1) is 13.1. The Morgan fingerprint density at radius 3 is 2.56 bits per heavy atom. The molecule has 0 radical (unpaired) electrons. The largest absolute Gasteiger partial charge is 0.344 e. The number of carbonyl (C=O) groups excluding carboxylic acids is 3. The van der Waals surface area contributed by atoms with Crippen molar-refractivity contribution in [2.75, 3.05) is 16.8 Å². The summed E-state index contributed by atoms with van der Waals surface area (Å²) in [6, 6.07) is 15.9. The molecule has 0 aromatic heterocycles. The molecule has 0 aliphatic carbocycles. The van der Waals surface area contributed by atoms with E-state index in [-0.39, 0.29) is 24.1 Å². The molecule has 3 rings (SSSR count). The molecule has 2 aromatic carbocycles. The van der Waals surface area contributed by atoms with E-state index in [1.54, 1.807) is 29.2 Å². The zero-order valence-electron chi connectivity index (χ0n) is 14.9. The van der Waals surface area contributed by atoms with Gasteiger partial charge in [-0.3, -0.25) is 14.4 Å².